The second-order valence-electron chi connectivity index (χ2n) is 2.97. The van der Waals surface area contributed by atoms with Gasteiger partial charge in [-0.3, -0.25) is 0 Å². The average Bonchev–Trinajstić information content (AvgIpc) is 2.02. The molecule has 0 amide bonds. The van der Waals surface area contributed by atoms with E-state index in [1.54, 1.807) is 6.20 Å². The van der Waals surface area contributed by atoms with Crippen molar-refractivity contribution in [2.75, 3.05) is 18.0 Å². The van der Waals surface area contributed by atoms with Crippen molar-refractivity contribution >= 4 is 23.0 Å². The first-order valence-corrected chi connectivity index (χ1v) is 4.56. The zero-order valence-electron chi connectivity index (χ0n) is 7.10. The van der Waals surface area contributed by atoms with Crippen molar-refractivity contribution in [3.63, 3.8) is 0 Å². The molecular formula is C8H10N4S. The molecule has 0 aliphatic carbocycles. The van der Waals surface area contributed by atoms with E-state index < -0.39 is 0 Å². The Hall–Kier alpha value is -1.23. The molecule has 13 heavy (non-hydrogen) atoms. The van der Waals surface area contributed by atoms with Crippen molar-refractivity contribution in [2.45, 2.75) is 6.42 Å². The maximum atomic E-state index is 5.57. The summed E-state index contributed by atoms with van der Waals surface area (Å²) in [5.74, 6) is 0.821. The highest BCUT2D eigenvalue weighted by molar-refractivity contribution is 7.80. The van der Waals surface area contributed by atoms with Crippen molar-refractivity contribution in [2.24, 2.45) is 5.73 Å². The minimum absolute atomic E-state index is 0.386. The first kappa shape index (κ1) is 8.37. The molecule has 0 saturated carbocycles. The lowest BCUT2D eigenvalue weighted by molar-refractivity contribution is 0.605. The largest absolute Gasteiger partial charge is 0.389 e. The summed E-state index contributed by atoms with van der Waals surface area (Å²) in [7, 11) is 0. The molecule has 0 radical (unpaired) electrons. The summed E-state index contributed by atoms with van der Waals surface area (Å²) in [4.78, 5) is 2.51. The van der Waals surface area contributed by atoms with Gasteiger partial charge in [0.1, 0.15) is 4.99 Å². The summed E-state index contributed by atoms with van der Waals surface area (Å²) in [5.41, 5.74) is 6.39. The zero-order valence-corrected chi connectivity index (χ0v) is 7.92. The molecule has 2 heterocycles. The van der Waals surface area contributed by atoms with Gasteiger partial charge in [0.05, 0.1) is 11.8 Å². The van der Waals surface area contributed by atoms with Crippen LogP contribution in [0.1, 0.15) is 12.0 Å². The summed E-state index contributed by atoms with van der Waals surface area (Å²) >= 11 is 4.92. The third-order valence-electron chi connectivity index (χ3n) is 2.12. The molecule has 68 valence electrons. The van der Waals surface area contributed by atoms with Crippen LogP contribution in [-0.2, 0) is 0 Å². The molecule has 0 spiro atoms. The predicted molar refractivity (Wildman–Crippen MR) is 54.7 cm³/mol. The Morgan fingerprint density at radius 2 is 2.31 bits per heavy atom. The quantitative estimate of drug-likeness (QED) is 0.687. The van der Waals surface area contributed by atoms with Crippen LogP contribution < -0.4 is 10.6 Å². The minimum Gasteiger partial charge on any atom is -0.389 e. The van der Waals surface area contributed by atoms with Crippen LogP contribution in [0.3, 0.4) is 0 Å². The van der Waals surface area contributed by atoms with Gasteiger partial charge in [0.15, 0.2) is 5.82 Å². The van der Waals surface area contributed by atoms with E-state index in [2.05, 4.69) is 15.1 Å². The maximum Gasteiger partial charge on any atom is 0.161 e. The smallest absolute Gasteiger partial charge is 0.161 e. The lowest BCUT2D eigenvalue weighted by atomic mass is 10.2. The van der Waals surface area contributed by atoms with E-state index in [4.69, 9.17) is 18.0 Å². The number of nitrogens with zero attached hydrogens (tertiary/aromatic N) is 3. The number of aromatic nitrogens is 2. The molecule has 1 aromatic heterocycles. The fraction of sp³-hybridized carbons (Fsp3) is 0.375. The second kappa shape index (κ2) is 3.26. The molecule has 0 bridgehead atoms. The molecule has 5 heteroatoms. The molecule has 1 aliphatic heterocycles. The number of rotatable bonds is 2. The number of hydrogen-bond donors (Lipinski definition) is 1. The number of nitrogens with two attached hydrogens (primary N) is 1. The van der Waals surface area contributed by atoms with Crippen molar-refractivity contribution < 1.29 is 0 Å². The van der Waals surface area contributed by atoms with Crippen LogP contribution in [0.4, 0.5) is 5.82 Å². The molecule has 0 aromatic carbocycles. The van der Waals surface area contributed by atoms with Crippen molar-refractivity contribution in [3.8, 4) is 0 Å². The van der Waals surface area contributed by atoms with Crippen molar-refractivity contribution in [1.82, 2.24) is 10.2 Å². The molecule has 2 N–H and O–H groups in total. The van der Waals surface area contributed by atoms with Crippen LogP contribution in [0, 0.1) is 0 Å². The molecule has 0 atom stereocenters. The fourth-order valence-electron chi connectivity index (χ4n) is 1.28. The summed E-state index contributed by atoms with van der Waals surface area (Å²) in [5, 5.41) is 7.85. The lowest BCUT2D eigenvalue weighted by Gasteiger charge is -2.32. The third kappa shape index (κ3) is 1.47. The zero-order chi connectivity index (χ0) is 9.26. The third-order valence-corrected chi connectivity index (χ3v) is 2.34. The Morgan fingerprint density at radius 3 is 2.85 bits per heavy atom. The number of anilines is 1. The Morgan fingerprint density at radius 1 is 1.54 bits per heavy atom. The molecule has 1 aliphatic rings. The van der Waals surface area contributed by atoms with Crippen LogP contribution in [0.2, 0.25) is 0 Å². The molecule has 1 aromatic rings. The molecule has 0 unspecified atom stereocenters. The van der Waals surface area contributed by atoms with Crippen LogP contribution >= 0.6 is 12.2 Å². The van der Waals surface area contributed by atoms with Crippen molar-refractivity contribution in [3.05, 3.63) is 17.8 Å². The van der Waals surface area contributed by atoms with E-state index in [0.29, 0.717) is 4.99 Å². The van der Waals surface area contributed by atoms with Gasteiger partial charge >= 0.3 is 0 Å². The first-order chi connectivity index (χ1) is 6.29. The monoisotopic (exact) mass is 194 g/mol. The number of thiocarbonyl (C=S) groups is 1. The Labute approximate surface area is 81.8 Å². The van der Waals surface area contributed by atoms with Gasteiger partial charge in [0.2, 0.25) is 0 Å². The van der Waals surface area contributed by atoms with Gasteiger partial charge in [-0.1, -0.05) is 12.2 Å². The van der Waals surface area contributed by atoms with Gasteiger partial charge in [-0.15, -0.1) is 5.10 Å². The number of hydrogen-bond acceptors (Lipinski definition) is 4. The Bertz CT molecular complexity index is 335. The lowest BCUT2D eigenvalue weighted by Crippen LogP contribution is -2.39. The van der Waals surface area contributed by atoms with Gasteiger partial charge in [-0.2, -0.15) is 5.10 Å². The van der Waals surface area contributed by atoms with Gasteiger partial charge in [0, 0.05) is 13.1 Å². The highest BCUT2D eigenvalue weighted by atomic mass is 32.1. The van der Waals surface area contributed by atoms with E-state index in [-0.39, 0.29) is 0 Å². The van der Waals surface area contributed by atoms with Crippen LogP contribution in [0.5, 0.6) is 0 Å². The van der Waals surface area contributed by atoms with E-state index in [1.165, 1.54) is 6.42 Å². The molecule has 4 nitrogen and oxygen atoms in total. The van der Waals surface area contributed by atoms with E-state index in [1.807, 2.05) is 6.07 Å². The average molecular weight is 194 g/mol. The van der Waals surface area contributed by atoms with E-state index in [0.717, 1.165) is 24.5 Å². The fourth-order valence-corrected chi connectivity index (χ4v) is 1.44. The van der Waals surface area contributed by atoms with Crippen LogP contribution in [0.25, 0.3) is 0 Å². The summed E-state index contributed by atoms with van der Waals surface area (Å²) in [6.07, 6.45) is 2.81. The Kier molecular flexibility index (Phi) is 2.10. The highest BCUT2D eigenvalue weighted by Crippen LogP contribution is 2.20. The Balaban J connectivity index is 2.36. The summed E-state index contributed by atoms with van der Waals surface area (Å²) < 4.78 is 0. The predicted octanol–water partition coefficient (Wildman–Crippen LogP) is 0.321. The van der Waals surface area contributed by atoms with Gasteiger partial charge < -0.3 is 10.6 Å². The minimum atomic E-state index is 0.386. The SMILES string of the molecule is NC(=S)c1ccnnc1N1CCC1. The molecule has 1 fully saturated rings. The van der Waals surface area contributed by atoms with E-state index >= 15 is 0 Å². The molecule has 1 saturated heterocycles. The van der Waals surface area contributed by atoms with Crippen LogP contribution in [0.15, 0.2) is 12.3 Å². The normalized spacial score (nSPS) is 15.2. The summed E-state index contributed by atoms with van der Waals surface area (Å²) in [6.45, 7) is 2.04. The van der Waals surface area contributed by atoms with Crippen LogP contribution in [-0.4, -0.2) is 28.3 Å². The van der Waals surface area contributed by atoms with E-state index in [9.17, 15) is 0 Å². The molecule has 2 rings (SSSR count). The topological polar surface area (TPSA) is 55.0 Å². The van der Waals surface area contributed by atoms with Gasteiger partial charge in [-0.25, -0.2) is 0 Å². The van der Waals surface area contributed by atoms with Gasteiger partial charge in [0.25, 0.3) is 0 Å². The standard InChI is InChI=1S/C8H10N4S/c9-7(13)6-2-3-10-11-8(6)12-4-1-5-12/h2-3H,1,4-5H2,(H2,9,13). The summed E-state index contributed by atoms with van der Waals surface area (Å²) in [6, 6.07) is 1.81. The highest BCUT2D eigenvalue weighted by Gasteiger charge is 2.19. The molecular weight excluding hydrogens is 184 g/mol. The van der Waals surface area contributed by atoms with Gasteiger partial charge in [-0.05, 0) is 12.5 Å². The van der Waals surface area contributed by atoms with Crippen molar-refractivity contribution in [1.29, 1.82) is 0 Å². The second-order valence-corrected chi connectivity index (χ2v) is 3.41. The first-order valence-electron chi connectivity index (χ1n) is 4.15. The maximum absolute atomic E-state index is 5.57.